The average Bonchev–Trinajstić information content (AvgIpc) is 3.14. The fourth-order valence-corrected chi connectivity index (χ4v) is 4.43. The van der Waals surface area contributed by atoms with Crippen molar-refractivity contribution in [2.75, 3.05) is 0 Å². The molecule has 2 bridgehead atoms. The van der Waals surface area contributed by atoms with Crippen LogP contribution < -0.4 is 5.32 Å². The number of carbonyl (C=O) groups excluding carboxylic acids is 1. The largest absolute Gasteiger partial charge is 0.352 e. The summed E-state index contributed by atoms with van der Waals surface area (Å²) in [5.41, 5.74) is 0.913. The van der Waals surface area contributed by atoms with Crippen LogP contribution in [0, 0.1) is 24.7 Å². The molecule has 116 valence electrons. The summed E-state index contributed by atoms with van der Waals surface area (Å²) < 4.78 is 2.69. The minimum absolute atomic E-state index is 0.0697. The molecule has 0 radical (unpaired) electrons. The Balaban J connectivity index is 1.60. The zero-order valence-corrected chi connectivity index (χ0v) is 14.6. The third kappa shape index (κ3) is 2.89. The minimum Gasteiger partial charge on any atom is -0.352 e. The highest BCUT2D eigenvalue weighted by atomic mass is 79.9. The third-order valence-corrected chi connectivity index (χ3v) is 6.22. The molecule has 3 rings (SSSR count). The quantitative estimate of drug-likeness (QED) is 0.900. The van der Waals surface area contributed by atoms with Crippen LogP contribution in [-0.4, -0.2) is 21.7 Å². The number of amides is 1. The second-order valence-corrected chi connectivity index (χ2v) is 7.71. The van der Waals surface area contributed by atoms with Crippen molar-refractivity contribution in [3.05, 3.63) is 16.4 Å². The van der Waals surface area contributed by atoms with E-state index < -0.39 is 0 Å². The van der Waals surface area contributed by atoms with Gasteiger partial charge in [-0.1, -0.05) is 6.42 Å². The van der Waals surface area contributed by atoms with Gasteiger partial charge in [-0.2, -0.15) is 5.10 Å². The molecule has 1 aromatic rings. The SMILES string of the molecule is Cc1nn([C@H](C)C(=O)N[C@H](C)[C@@H]2C[C@@H]3CC[C@@H]2C3)cc1Br. The van der Waals surface area contributed by atoms with E-state index in [9.17, 15) is 4.79 Å². The van der Waals surface area contributed by atoms with Gasteiger partial charge in [-0.25, -0.2) is 0 Å². The number of aryl methyl sites for hydroxylation is 1. The van der Waals surface area contributed by atoms with E-state index in [-0.39, 0.29) is 18.0 Å². The monoisotopic (exact) mass is 353 g/mol. The van der Waals surface area contributed by atoms with Gasteiger partial charge in [0.05, 0.1) is 10.2 Å². The first-order chi connectivity index (χ1) is 9.95. The maximum Gasteiger partial charge on any atom is 0.244 e. The lowest BCUT2D eigenvalue weighted by atomic mass is 9.84. The molecule has 21 heavy (non-hydrogen) atoms. The van der Waals surface area contributed by atoms with E-state index in [0.29, 0.717) is 5.92 Å². The van der Waals surface area contributed by atoms with E-state index in [1.165, 1.54) is 25.7 Å². The summed E-state index contributed by atoms with van der Waals surface area (Å²) in [5.74, 6) is 2.49. The van der Waals surface area contributed by atoms with E-state index in [0.717, 1.165) is 22.0 Å². The number of rotatable bonds is 4. The smallest absolute Gasteiger partial charge is 0.244 e. The summed E-state index contributed by atoms with van der Waals surface area (Å²) in [6.07, 6.45) is 7.32. The first kappa shape index (κ1) is 15.1. The molecule has 0 aromatic carbocycles. The molecule has 2 aliphatic rings. The molecule has 0 saturated heterocycles. The molecule has 4 nitrogen and oxygen atoms in total. The standard InChI is InChI=1S/C16H24BrN3O/c1-9(14-7-12-4-5-13(14)6-12)18-16(21)11(3)20-8-15(17)10(2)19-20/h8-9,11-14H,4-7H2,1-3H3,(H,18,21)/t9-,11-,12-,13-,14+/m1/s1. The molecule has 2 fully saturated rings. The number of carbonyl (C=O) groups is 1. The van der Waals surface area contributed by atoms with Gasteiger partial charge in [0, 0.05) is 12.2 Å². The van der Waals surface area contributed by atoms with E-state index in [2.05, 4.69) is 33.3 Å². The number of fused-ring (bicyclic) bond motifs is 2. The average molecular weight is 354 g/mol. The maximum atomic E-state index is 12.5. The van der Waals surface area contributed by atoms with Gasteiger partial charge in [0.25, 0.3) is 0 Å². The van der Waals surface area contributed by atoms with Crippen LogP contribution in [0.4, 0.5) is 0 Å². The molecule has 5 heteroatoms. The molecule has 1 heterocycles. The van der Waals surface area contributed by atoms with Gasteiger partial charge in [0.1, 0.15) is 6.04 Å². The van der Waals surface area contributed by atoms with Crippen molar-refractivity contribution in [2.24, 2.45) is 17.8 Å². The van der Waals surface area contributed by atoms with Crippen molar-refractivity contribution in [1.29, 1.82) is 0 Å². The van der Waals surface area contributed by atoms with Crippen LogP contribution in [0.1, 0.15) is 51.3 Å². The molecular weight excluding hydrogens is 330 g/mol. The number of nitrogens with one attached hydrogen (secondary N) is 1. The van der Waals surface area contributed by atoms with Gasteiger partial charge in [-0.05, 0) is 73.7 Å². The first-order valence-electron chi connectivity index (χ1n) is 7.97. The van der Waals surface area contributed by atoms with E-state index in [1.807, 2.05) is 20.0 Å². The molecule has 0 aliphatic heterocycles. The summed E-state index contributed by atoms with van der Waals surface area (Å²) in [4.78, 5) is 12.5. The number of aromatic nitrogens is 2. The van der Waals surface area contributed by atoms with Crippen molar-refractivity contribution in [3.63, 3.8) is 0 Å². The van der Waals surface area contributed by atoms with Gasteiger partial charge >= 0.3 is 0 Å². The molecular formula is C16H24BrN3O. The van der Waals surface area contributed by atoms with Crippen molar-refractivity contribution in [3.8, 4) is 0 Å². The Morgan fingerprint density at radius 3 is 2.71 bits per heavy atom. The topological polar surface area (TPSA) is 46.9 Å². The Kier molecular flexibility index (Phi) is 4.12. The fourth-order valence-electron chi connectivity index (χ4n) is 4.14. The predicted molar refractivity (Wildman–Crippen MR) is 85.9 cm³/mol. The molecule has 5 atom stereocenters. The van der Waals surface area contributed by atoms with Crippen molar-refractivity contribution in [1.82, 2.24) is 15.1 Å². The summed E-state index contributed by atoms with van der Waals surface area (Å²) in [6.45, 7) is 6.01. The normalized spacial score (nSPS) is 30.4. The predicted octanol–water partition coefficient (Wildman–Crippen LogP) is 3.46. The Hall–Kier alpha value is -0.840. The van der Waals surface area contributed by atoms with Crippen molar-refractivity contribution >= 4 is 21.8 Å². The first-order valence-corrected chi connectivity index (χ1v) is 8.76. The molecule has 0 unspecified atom stereocenters. The molecule has 0 spiro atoms. The van der Waals surface area contributed by atoms with Gasteiger partial charge in [-0.3, -0.25) is 9.48 Å². The van der Waals surface area contributed by atoms with Crippen LogP contribution in [-0.2, 0) is 4.79 Å². The zero-order valence-electron chi connectivity index (χ0n) is 13.0. The molecule has 1 aromatic heterocycles. The number of nitrogens with zero attached hydrogens (tertiary/aromatic N) is 2. The number of hydrogen-bond acceptors (Lipinski definition) is 2. The number of hydrogen-bond donors (Lipinski definition) is 1. The zero-order chi connectivity index (χ0) is 15.1. The van der Waals surface area contributed by atoms with E-state index >= 15 is 0 Å². The summed E-state index contributed by atoms with van der Waals surface area (Å²) >= 11 is 3.45. The minimum atomic E-state index is -0.268. The third-order valence-electron chi connectivity index (χ3n) is 5.44. The summed E-state index contributed by atoms with van der Waals surface area (Å²) in [6, 6.07) is 0.00592. The van der Waals surface area contributed by atoms with Gasteiger partial charge < -0.3 is 5.32 Å². The second-order valence-electron chi connectivity index (χ2n) is 6.85. The van der Waals surface area contributed by atoms with E-state index in [1.54, 1.807) is 4.68 Å². The Morgan fingerprint density at radius 2 is 2.19 bits per heavy atom. The highest BCUT2D eigenvalue weighted by molar-refractivity contribution is 9.10. The van der Waals surface area contributed by atoms with Gasteiger partial charge in [-0.15, -0.1) is 0 Å². The van der Waals surface area contributed by atoms with Crippen molar-refractivity contribution < 1.29 is 4.79 Å². The van der Waals surface area contributed by atoms with Crippen LogP contribution in [0.3, 0.4) is 0 Å². The molecule has 1 amide bonds. The molecule has 1 N–H and O–H groups in total. The van der Waals surface area contributed by atoms with Crippen molar-refractivity contribution in [2.45, 2.75) is 58.5 Å². The Bertz CT molecular complexity index is 522. The Labute approximate surface area is 134 Å². The summed E-state index contributed by atoms with van der Waals surface area (Å²) in [7, 11) is 0. The lowest BCUT2D eigenvalue weighted by Crippen LogP contribution is -2.43. The Morgan fingerprint density at radius 1 is 1.43 bits per heavy atom. The van der Waals surface area contributed by atoms with Crippen LogP contribution in [0.25, 0.3) is 0 Å². The van der Waals surface area contributed by atoms with Crippen LogP contribution in [0.2, 0.25) is 0 Å². The maximum absolute atomic E-state index is 12.5. The fraction of sp³-hybridized carbons (Fsp3) is 0.750. The molecule has 2 saturated carbocycles. The van der Waals surface area contributed by atoms with Gasteiger partial charge in [0.15, 0.2) is 0 Å². The van der Waals surface area contributed by atoms with Crippen LogP contribution in [0.15, 0.2) is 10.7 Å². The van der Waals surface area contributed by atoms with Gasteiger partial charge in [0.2, 0.25) is 5.91 Å². The lowest BCUT2D eigenvalue weighted by Gasteiger charge is -2.29. The highest BCUT2D eigenvalue weighted by Crippen LogP contribution is 2.49. The van der Waals surface area contributed by atoms with Crippen LogP contribution >= 0.6 is 15.9 Å². The lowest BCUT2D eigenvalue weighted by molar-refractivity contribution is -0.125. The highest BCUT2D eigenvalue weighted by Gasteiger charge is 2.42. The van der Waals surface area contributed by atoms with Crippen LogP contribution in [0.5, 0.6) is 0 Å². The molecule has 2 aliphatic carbocycles. The second kappa shape index (κ2) is 5.75. The van der Waals surface area contributed by atoms with E-state index in [4.69, 9.17) is 0 Å². The number of halogens is 1. The summed E-state index contributed by atoms with van der Waals surface area (Å²) in [5, 5.41) is 7.60.